The van der Waals surface area contributed by atoms with Crippen LogP contribution < -0.4 is 5.56 Å². The van der Waals surface area contributed by atoms with E-state index in [0.717, 1.165) is 11.6 Å². The number of nitrogens with zero attached hydrogens (tertiary/aromatic N) is 1. The van der Waals surface area contributed by atoms with E-state index in [4.69, 9.17) is 12.2 Å². The second kappa shape index (κ2) is 4.32. The number of hydrogen-bond acceptors (Lipinski definition) is 3. The third-order valence-electron chi connectivity index (χ3n) is 2.20. The molecule has 1 heterocycles. The van der Waals surface area contributed by atoms with Gasteiger partial charge in [0.2, 0.25) is 0 Å². The van der Waals surface area contributed by atoms with Crippen molar-refractivity contribution in [2.24, 2.45) is 0 Å². The van der Waals surface area contributed by atoms with Crippen molar-refractivity contribution in [3.63, 3.8) is 0 Å². The zero-order chi connectivity index (χ0) is 11.5. The van der Waals surface area contributed by atoms with Crippen molar-refractivity contribution in [3.8, 4) is 5.88 Å². The molecule has 0 fully saturated rings. The summed E-state index contributed by atoms with van der Waals surface area (Å²) in [5, 5.41) is 9.61. The molecule has 0 radical (unpaired) electrons. The molecule has 0 aliphatic heterocycles. The number of H-pyrrole nitrogens is 1. The summed E-state index contributed by atoms with van der Waals surface area (Å²) in [6.45, 7) is 0.433. The molecular formula is C11H10N2O2S. The summed E-state index contributed by atoms with van der Waals surface area (Å²) in [6, 6.07) is 10.7. The third-order valence-corrected chi connectivity index (χ3v) is 2.52. The zero-order valence-electron chi connectivity index (χ0n) is 8.38. The first kappa shape index (κ1) is 10.6. The van der Waals surface area contributed by atoms with Crippen LogP contribution in [0.1, 0.15) is 5.56 Å². The fourth-order valence-corrected chi connectivity index (χ4v) is 1.69. The van der Waals surface area contributed by atoms with E-state index in [0.29, 0.717) is 6.54 Å². The maximum absolute atomic E-state index is 11.0. The highest BCUT2D eigenvalue weighted by atomic mass is 32.1. The van der Waals surface area contributed by atoms with E-state index < -0.39 is 5.56 Å². The molecule has 0 aliphatic carbocycles. The lowest BCUT2D eigenvalue weighted by Gasteiger charge is -2.08. The van der Waals surface area contributed by atoms with Crippen LogP contribution in [-0.2, 0) is 6.54 Å². The lowest BCUT2D eigenvalue weighted by Crippen LogP contribution is -2.12. The molecule has 4 nitrogen and oxygen atoms in total. The summed E-state index contributed by atoms with van der Waals surface area (Å²) in [5.74, 6) is -0.127. The largest absolute Gasteiger partial charge is 0.494 e. The average molecular weight is 234 g/mol. The van der Waals surface area contributed by atoms with Crippen LogP contribution in [0.25, 0.3) is 0 Å². The molecule has 1 aromatic carbocycles. The third kappa shape index (κ3) is 2.20. The molecule has 2 aromatic rings. The number of hydrogen-bond donors (Lipinski definition) is 2. The minimum atomic E-state index is -0.396. The van der Waals surface area contributed by atoms with Crippen molar-refractivity contribution >= 4 is 12.2 Å². The van der Waals surface area contributed by atoms with Crippen molar-refractivity contribution in [1.82, 2.24) is 9.55 Å². The molecule has 0 unspecified atom stereocenters. The molecular weight excluding hydrogens is 224 g/mol. The summed E-state index contributed by atoms with van der Waals surface area (Å²) in [4.78, 5) is 13.5. The standard InChI is InChI=1S/C11H10N2O2S/c14-9-6-10(15)13(11(16)12-9)7-8-4-2-1-3-5-8/h1-6,15H,7H2,(H,12,14,16). The summed E-state index contributed by atoms with van der Waals surface area (Å²) in [5.41, 5.74) is 0.604. The first-order valence-corrected chi connectivity index (χ1v) is 5.15. The molecule has 1 aromatic heterocycles. The number of nitrogens with one attached hydrogen (secondary N) is 1. The highest BCUT2D eigenvalue weighted by Crippen LogP contribution is 2.09. The Balaban J connectivity index is 2.43. The van der Waals surface area contributed by atoms with Crippen molar-refractivity contribution < 1.29 is 5.11 Å². The first-order valence-electron chi connectivity index (χ1n) is 4.74. The smallest absolute Gasteiger partial charge is 0.255 e. The van der Waals surface area contributed by atoms with Crippen molar-refractivity contribution in [3.05, 3.63) is 57.1 Å². The lowest BCUT2D eigenvalue weighted by atomic mass is 10.2. The molecule has 2 rings (SSSR count). The predicted molar refractivity (Wildman–Crippen MR) is 63.1 cm³/mol. The highest BCUT2D eigenvalue weighted by Gasteiger charge is 2.02. The Hall–Kier alpha value is -1.88. The van der Waals surface area contributed by atoms with Gasteiger partial charge in [-0.2, -0.15) is 0 Å². The van der Waals surface area contributed by atoms with Crippen LogP contribution >= 0.6 is 12.2 Å². The topological polar surface area (TPSA) is 58.0 Å². The quantitative estimate of drug-likeness (QED) is 0.777. The molecule has 16 heavy (non-hydrogen) atoms. The van der Waals surface area contributed by atoms with E-state index in [1.54, 1.807) is 0 Å². The van der Waals surface area contributed by atoms with Gasteiger partial charge < -0.3 is 5.11 Å². The van der Waals surface area contributed by atoms with Crippen LogP contribution in [0.4, 0.5) is 0 Å². The number of aromatic nitrogens is 2. The number of aromatic amines is 1. The Morgan fingerprint density at radius 2 is 2.00 bits per heavy atom. The summed E-state index contributed by atoms with van der Waals surface area (Å²) in [7, 11) is 0. The lowest BCUT2D eigenvalue weighted by molar-refractivity contribution is 0.412. The molecule has 0 saturated carbocycles. The van der Waals surface area contributed by atoms with Gasteiger partial charge in [0.1, 0.15) is 0 Å². The summed E-state index contributed by atoms with van der Waals surface area (Å²) >= 11 is 4.97. The monoisotopic (exact) mass is 234 g/mol. The average Bonchev–Trinajstić information content (AvgIpc) is 2.25. The zero-order valence-corrected chi connectivity index (χ0v) is 9.20. The van der Waals surface area contributed by atoms with Gasteiger partial charge in [-0.05, 0) is 17.8 Å². The van der Waals surface area contributed by atoms with E-state index in [1.807, 2.05) is 30.3 Å². The van der Waals surface area contributed by atoms with Gasteiger partial charge in [0, 0.05) is 0 Å². The number of benzene rings is 1. The number of rotatable bonds is 2. The van der Waals surface area contributed by atoms with Crippen LogP contribution in [0.15, 0.2) is 41.2 Å². The molecule has 0 atom stereocenters. The van der Waals surface area contributed by atoms with Gasteiger partial charge in [-0.3, -0.25) is 14.3 Å². The predicted octanol–water partition coefficient (Wildman–Crippen LogP) is 1.66. The Bertz CT molecular complexity index is 601. The first-order chi connectivity index (χ1) is 7.66. The molecule has 82 valence electrons. The van der Waals surface area contributed by atoms with E-state index >= 15 is 0 Å². The maximum Gasteiger partial charge on any atom is 0.255 e. The van der Waals surface area contributed by atoms with Gasteiger partial charge in [0.15, 0.2) is 10.7 Å². The minimum Gasteiger partial charge on any atom is -0.494 e. The van der Waals surface area contributed by atoms with Crippen LogP contribution in [-0.4, -0.2) is 14.7 Å². The van der Waals surface area contributed by atoms with Crippen molar-refractivity contribution in [2.45, 2.75) is 6.54 Å². The van der Waals surface area contributed by atoms with Crippen molar-refractivity contribution in [2.75, 3.05) is 0 Å². The summed E-state index contributed by atoms with van der Waals surface area (Å²) < 4.78 is 1.68. The maximum atomic E-state index is 11.0. The van der Waals surface area contributed by atoms with Gasteiger partial charge in [0.05, 0.1) is 12.6 Å². The highest BCUT2D eigenvalue weighted by molar-refractivity contribution is 7.71. The Morgan fingerprint density at radius 3 is 2.62 bits per heavy atom. The van der Waals surface area contributed by atoms with E-state index in [2.05, 4.69) is 4.98 Å². The van der Waals surface area contributed by atoms with Gasteiger partial charge in [0.25, 0.3) is 5.56 Å². The minimum absolute atomic E-state index is 0.127. The van der Waals surface area contributed by atoms with E-state index in [9.17, 15) is 9.90 Å². The molecule has 2 N–H and O–H groups in total. The Labute approximate surface area is 96.8 Å². The van der Waals surface area contributed by atoms with Gasteiger partial charge >= 0.3 is 0 Å². The fraction of sp³-hybridized carbons (Fsp3) is 0.0909. The molecule has 0 amide bonds. The summed E-state index contributed by atoms with van der Waals surface area (Å²) in [6.07, 6.45) is 0. The molecule has 0 saturated heterocycles. The second-order valence-corrected chi connectivity index (χ2v) is 3.76. The van der Waals surface area contributed by atoms with E-state index in [-0.39, 0.29) is 10.7 Å². The van der Waals surface area contributed by atoms with Crippen LogP contribution in [0.5, 0.6) is 5.88 Å². The van der Waals surface area contributed by atoms with Gasteiger partial charge in [-0.1, -0.05) is 30.3 Å². The van der Waals surface area contributed by atoms with Crippen LogP contribution in [0.2, 0.25) is 0 Å². The second-order valence-electron chi connectivity index (χ2n) is 3.37. The van der Waals surface area contributed by atoms with Crippen LogP contribution in [0, 0.1) is 4.77 Å². The molecule has 0 bridgehead atoms. The van der Waals surface area contributed by atoms with Gasteiger partial charge in [-0.15, -0.1) is 0 Å². The fourth-order valence-electron chi connectivity index (χ4n) is 1.43. The SMILES string of the molecule is O=c1cc(O)n(Cc2ccccc2)c(=S)[nH]1. The number of aromatic hydroxyl groups is 1. The Morgan fingerprint density at radius 1 is 1.31 bits per heavy atom. The van der Waals surface area contributed by atoms with Gasteiger partial charge in [-0.25, -0.2) is 0 Å². The van der Waals surface area contributed by atoms with Crippen molar-refractivity contribution in [1.29, 1.82) is 0 Å². The molecule has 0 spiro atoms. The molecule has 0 aliphatic rings. The van der Waals surface area contributed by atoms with E-state index in [1.165, 1.54) is 4.57 Å². The molecule has 5 heteroatoms. The Kier molecular flexibility index (Phi) is 2.87. The van der Waals surface area contributed by atoms with Crippen LogP contribution in [0.3, 0.4) is 0 Å². The normalized spacial score (nSPS) is 10.2.